The molecule has 4 N–H and O–H groups in total. The summed E-state index contributed by atoms with van der Waals surface area (Å²) in [6.07, 6.45) is 3.05. The second kappa shape index (κ2) is 5.05. The van der Waals surface area contributed by atoms with E-state index < -0.39 is 0 Å². The summed E-state index contributed by atoms with van der Waals surface area (Å²) in [7, 11) is 1.69. The van der Waals surface area contributed by atoms with Gasteiger partial charge >= 0.3 is 0 Å². The highest BCUT2D eigenvalue weighted by molar-refractivity contribution is 5.88. The van der Waals surface area contributed by atoms with E-state index in [2.05, 4.69) is 16.8 Å². The first-order valence-corrected chi connectivity index (χ1v) is 4.79. The van der Waals surface area contributed by atoms with Crippen molar-refractivity contribution in [3.8, 4) is 5.75 Å². The van der Waals surface area contributed by atoms with Crippen LogP contribution in [0.25, 0.3) is 10.9 Å². The van der Waals surface area contributed by atoms with Crippen LogP contribution >= 0.6 is 0 Å². The lowest BCUT2D eigenvalue weighted by molar-refractivity contribution is -0.366. The summed E-state index contributed by atoms with van der Waals surface area (Å²) in [5.74, 6) is 0.901. The number of benzene rings is 1. The Hall–Kier alpha value is -1.19. The van der Waals surface area contributed by atoms with Gasteiger partial charge in [0.25, 0.3) is 0 Å². The highest BCUT2D eigenvalue weighted by atomic mass is 35.5. The fourth-order valence-corrected chi connectivity index (χ4v) is 1.75. The molecule has 0 amide bonds. The van der Waals surface area contributed by atoms with Crippen molar-refractivity contribution in [1.29, 1.82) is 0 Å². The molecule has 1 aromatic carbocycles. The molecule has 0 saturated heterocycles. The van der Waals surface area contributed by atoms with Gasteiger partial charge in [0, 0.05) is 18.0 Å². The number of aromatic amines is 1. The van der Waals surface area contributed by atoms with E-state index in [0.717, 1.165) is 24.2 Å². The Morgan fingerprint density at radius 3 is 2.87 bits per heavy atom. The largest absolute Gasteiger partial charge is 1.00 e. The first kappa shape index (κ1) is 11.9. The Balaban J connectivity index is 0.00000112. The van der Waals surface area contributed by atoms with Gasteiger partial charge < -0.3 is 27.9 Å². The van der Waals surface area contributed by atoms with Gasteiger partial charge in [-0.2, -0.15) is 0 Å². The number of fused-ring (bicyclic) bond motifs is 1. The van der Waals surface area contributed by atoms with Crippen LogP contribution in [0.1, 0.15) is 5.56 Å². The Morgan fingerprint density at radius 2 is 2.20 bits per heavy atom. The average Bonchev–Trinajstić information content (AvgIpc) is 2.62. The second-order valence-electron chi connectivity index (χ2n) is 3.30. The molecule has 0 aliphatic carbocycles. The zero-order chi connectivity index (χ0) is 9.97. The molecule has 4 heteroatoms. The number of ether oxygens (including phenoxy) is 1. The zero-order valence-electron chi connectivity index (χ0n) is 8.72. The van der Waals surface area contributed by atoms with Gasteiger partial charge in [0.2, 0.25) is 0 Å². The molecule has 0 unspecified atom stereocenters. The number of nitrogens with one attached hydrogen (secondary N) is 1. The summed E-state index contributed by atoms with van der Waals surface area (Å²) in [5.41, 5.74) is 6.26. The molecule has 0 fully saturated rings. The van der Waals surface area contributed by atoms with Crippen LogP contribution in [0.2, 0.25) is 0 Å². The van der Waals surface area contributed by atoms with E-state index in [1.807, 2.05) is 18.3 Å². The minimum Gasteiger partial charge on any atom is -1.00 e. The van der Waals surface area contributed by atoms with Crippen molar-refractivity contribution in [2.45, 2.75) is 6.42 Å². The summed E-state index contributed by atoms with van der Waals surface area (Å²) < 4.78 is 5.27. The van der Waals surface area contributed by atoms with Gasteiger partial charge in [-0.05, 0) is 11.6 Å². The smallest absolute Gasteiger partial charge is 0.142 e. The van der Waals surface area contributed by atoms with E-state index in [4.69, 9.17) is 4.74 Å². The standard InChI is InChI=1S/C11H14N2O.ClH/c1-14-10-4-2-3-9-8(5-6-12)7-13-11(9)10;/h2-4,7,13H,5-6,12H2,1H3;1H. The third kappa shape index (κ3) is 2.08. The predicted octanol–water partition coefficient (Wildman–Crippen LogP) is -2.04. The third-order valence-corrected chi connectivity index (χ3v) is 2.43. The molecule has 3 nitrogen and oxygen atoms in total. The first-order chi connectivity index (χ1) is 6.86. The number of methoxy groups -OCH3 is 1. The quantitative estimate of drug-likeness (QED) is 0.623. The van der Waals surface area contributed by atoms with Crippen LogP contribution in [0.4, 0.5) is 0 Å². The van der Waals surface area contributed by atoms with E-state index in [-0.39, 0.29) is 12.4 Å². The molecule has 0 saturated carbocycles. The Morgan fingerprint density at radius 1 is 1.40 bits per heavy atom. The monoisotopic (exact) mass is 226 g/mol. The second-order valence-corrected chi connectivity index (χ2v) is 3.30. The van der Waals surface area contributed by atoms with E-state index in [9.17, 15) is 0 Å². The SMILES string of the molecule is COc1cccc2c(CC[NH3+])c[nH]c12.[Cl-]. The lowest BCUT2D eigenvalue weighted by atomic mass is 10.1. The number of hydrogen-bond acceptors (Lipinski definition) is 1. The Bertz CT molecular complexity index is 439. The molecule has 0 bridgehead atoms. The van der Waals surface area contributed by atoms with Crippen LogP contribution in [-0.4, -0.2) is 18.6 Å². The van der Waals surface area contributed by atoms with E-state index in [1.165, 1.54) is 10.9 Å². The lowest BCUT2D eigenvalue weighted by Gasteiger charge is -2.01. The predicted molar refractivity (Wildman–Crippen MR) is 56.3 cm³/mol. The Kier molecular flexibility index (Phi) is 4.00. The van der Waals surface area contributed by atoms with Crippen LogP contribution in [0.5, 0.6) is 5.75 Å². The highest BCUT2D eigenvalue weighted by Gasteiger charge is 2.06. The van der Waals surface area contributed by atoms with E-state index >= 15 is 0 Å². The first-order valence-electron chi connectivity index (χ1n) is 4.79. The third-order valence-electron chi connectivity index (χ3n) is 2.43. The topological polar surface area (TPSA) is 52.7 Å². The number of hydrogen-bond donors (Lipinski definition) is 2. The molecule has 1 heterocycles. The van der Waals surface area contributed by atoms with Gasteiger partial charge in [-0.25, -0.2) is 0 Å². The molecule has 2 rings (SSSR count). The zero-order valence-corrected chi connectivity index (χ0v) is 9.47. The summed E-state index contributed by atoms with van der Waals surface area (Å²) in [4.78, 5) is 3.24. The summed E-state index contributed by atoms with van der Waals surface area (Å²) in [6.45, 7) is 0.921. The van der Waals surface area contributed by atoms with Crippen LogP contribution in [0, 0.1) is 0 Å². The van der Waals surface area contributed by atoms with Crippen molar-refractivity contribution in [2.75, 3.05) is 13.7 Å². The molecule has 0 atom stereocenters. The number of quaternary nitrogens is 1. The van der Waals surface area contributed by atoms with Crippen molar-refractivity contribution in [3.63, 3.8) is 0 Å². The van der Waals surface area contributed by atoms with Gasteiger partial charge in [-0.15, -0.1) is 0 Å². The molecule has 2 aromatic rings. The summed E-state index contributed by atoms with van der Waals surface area (Å²) >= 11 is 0. The van der Waals surface area contributed by atoms with Gasteiger partial charge in [-0.3, -0.25) is 0 Å². The van der Waals surface area contributed by atoms with Crippen molar-refractivity contribution >= 4 is 10.9 Å². The van der Waals surface area contributed by atoms with Gasteiger partial charge in [-0.1, -0.05) is 12.1 Å². The maximum Gasteiger partial charge on any atom is 0.142 e. The average molecular weight is 227 g/mol. The minimum atomic E-state index is 0. The van der Waals surface area contributed by atoms with E-state index in [1.54, 1.807) is 7.11 Å². The van der Waals surface area contributed by atoms with Crippen molar-refractivity contribution < 1.29 is 22.9 Å². The molecule has 15 heavy (non-hydrogen) atoms. The van der Waals surface area contributed by atoms with Crippen LogP contribution in [-0.2, 0) is 6.42 Å². The van der Waals surface area contributed by atoms with Crippen LogP contribution in [0.3, 0.4) is 0 Å². The molecule has 1 aromatic heterocycles. The fourth-order valence-electron chi connectivity index (χ4n) is 1.75. The van der Waals surface area contributed by atoms with Gasteiger partial charge in [0.1, 0.15) is 5.75 Å². The van der Waals surface area contributed by atoms with Crippen LogP contribution in [0.15, 0.2) is 24.4 Å². The summed E-state index contributed by atoms with van der Waals surface area (Å²) in [6, 6.07) is 6.09. The number of para-hydroxylation sites is 1. The van der Waals surface area contributed by atoms with E-state index in [0.29, 0.717) is 0 Å². The van der Waals surface area contributed by atoms with Crippen molar-refractivity contribution in [3.05, 3.63) is 30.0 Å². The molecule has 0 aliphatic heterocycles. The Labute approximate surface area is 95.0 Å². The number of H-pyrrole nitrogens is 1. The molecular weight excluding hydrogens is 212 g/mol. The van der Waals surface area contributed by atoms with Crippen molar-refractivity contribution in [1.82, 2.24) is 4.98 Å². The molecule has 0 radical (unpaired) electrons. The fraction of sp³-hybridized carbons (Fsp3) is 0.273. The number of aromatic nitrogens is 1. The number of rotatable bonds is 3. The lowest BCUT2D eigenvalue weighted by Crippen LogP contribution is -3.00. The maximum atomic E-state index is 5.27. The van der Waals surface area contributed by atoms with Crippen molar-refractivity contribution in [2.24, 2.45) is 0 Å². The molecule has 0 aliphatic rings. The normalized spacial score (nSPS) is 10.0. The summed E-state index contributed by atoms with van der Waals surface area (Å²) in [5, 5.41) is 1.24. The molecular formula is C11H15ClN2O. The van der Waals surface area contributed by atoms with Crippen LogP contribution < -0.4 is 22.9 Å². The molecule has 0 spiro atoms. The minimum absolute atomic E-state index is 0. The molecule has 82 valence electrons. The number of halogens is 1. The van der Waals surface area contributed by atoms with Gasteiger partial charge in [0.15, 0.2) is 0 Å². The highest BCUT2D eigenvalue weighted by Crippen LogP contribution is 2.26. The van der Waals surface area contributed by atoms with Gasteiger partial charge in [0.05, 0.1) is 19.2 Å². The maximum absolute atomic E-state index is 5.27.